The molecule has 0 saturated heterocycles. The molecule has 0 amide bonds. The largest absolute Gasteiger partial charge is 0.345 e. The average molecular weight is 307 g/mol. The molecule has 0 aliphatic rings. The van der Waals surface area contributed by atoms with Gasteiger partial charge in [-0.15, -0.1) is 11.3 Å². The molecule has 3 aromatic rings. The number of pyridine rings is 1. The van der Waals surface area contributed by atoms with Crippen molar-refractivity contribution in [2.45, 2.75) is 13.0 Å². The van der Waals surface area contributed by atoms with Gasteiger partial charge in [-0.25, -0.2) is 0 Å². The monoisotopic (exact) mass is 306 g/mol. The molecule has 86 valence electrons. The van der Waals surface area contributed by atoms with Crippen LogP contribution < -0.4 is 0 Å². The number of hydrogen-bond acceptors (Lipinski definition) is 2. The van der Waals surface area contributed by atoms with E-state index in [1.54, 1.807) is 0 Å². The molecule has 0 N–H and O–H groups in total. The van der Waals surface area contributed by atoms with Crippen LogP contribution in [0.4, 0.5) is 0 Å². The van der Waals surface area contributed by atoms with Gasteiger partial charge in [0.25, 0.3) is 0 Å². The van der Waals surface area contributed by atoms with Gasteiger partial charge in [0, 0.05) is 33.7 Å². The van der Waals surface area contributed by atoms with E-state index in [0.717, 1.165) is 17.4 Å². The van der Waals surface area contributed by atoms with Crippen LogP contribution in [0.5, 0.6) is 0 Å². The van der Waals surface area contributed by atoms with E-state index < -0.39 is 0 Å². The maximum absolute atomic E-state index is 4.19. The van der Waals surface area contributed by atoms with Crippen molar-refractivity contribution in [3.63, 3.8) is 0 Å². The van der Waals surface area contributed by atoms with Gasteiger partial charge in [0.1, 0.15) is 0 Å². The van der Waals surface area contributed by atoms with Crippen molar-refractivity contribution in [2.24, 2.45) is 0 Å². The number of halogens is 1. The van der Waals surface area contributed by atoms with Gasteiger partial charge in [0.05, 0.1) is 11.7 Å². The lowest BCUT2D eigenvalue weighted by atomic mass is 10.3. The standard InChI is InChI=1S/C13H11BrN2S/c14-12-9-16(6-4-10-2-1-7-17-10)13-8-15-5-3-11(12)13/h1-3,5,7-9H,4,6H2. The molecule has 4 heteroatoms. The Kier molecular flexibility index (Phi) is 2.99. The van der Waals surface area contributed by atoms with Crippen molar-refractivity contribution in [1.29, 1.82) is 0 Å². The predicted octanol–water partition coefficient (Wildman–Crippen LogP) is 4.10. The lowest BCUT2D eigenvalue weighted by Gasteiger charge is -2.03. The Morgan fingerprint density at radius 3 is 3.12 bits per heavy atom. The van der Waals surface area contributed by atoms with Gasteiger partial charge >= 0.3 is 0 Å². The molecular weight excluding hydrogens is 296 g/mol. The van der Waals surface area contributed by atoms with Crippen LogP contribution in [0.3, 0.4) is 0 Å². The highest BCUT2D eigenvalue weighted by atomic mass is 79.9. The molecule has 17 heavy (non-hydrogen) atoms. The quantitative estimate of drug-likeness (QED) is 0.712. The minimum atomic E-state index is 0.994. The van der Waals surface area contributed by atoms with Crippen LogP contribution in [-0.4, -0.2) is 9.55 Å². The molecule has 0 aliphatic heterocycles. The summed E-state index contributed by atoms with van der Waals surface area (Å²) in [5.41, 5.74) is 1.19. The van der Waals surface area contributed by atoms with Gasteiger partial charge in [-0.1, -0.05) is 6.07 Å². The summed E-state index contributed by atoms with van der Waals surface area (Å²) in [5, 5.41) is 3.35. The average Bonchev–Trinajstić information content (AvgIpc) is 2.96. The second kappa shape index (κ2) is 4.63. The number of aromatic nitrogens is 2. The zero-order valence-corrected chi connectivity index (χ0v) is 11.5. The maximum atomic E-state index is 4.19. The number of rotatable bonds is 3. The Labute approximate surface area is 112 Å². The van der Waals surface area contributed by atoms with Crippen molar-refractivity contribution in [1.82, 2.24) is 9.55 Å². The summed E-state index contributed by atoms with van der Waals surface area (Å²) < 4.78 is 3.40. The third-order valence-corrected chi connectivity index (χ3v) is 4.38. The summed E-state index contributed by atoms with van der Waals surface area (Å²) in [7, 11) is 0. The van der Waals surface area contributed by atoms with Crippen molar-refractivity contribution in [3.8, 4) is 0 Å². The Morgan fingerprint density at radius 1 is 1.35 bits per heavy atom. The molecule has 0 bridgehead atoms. The molecule has 0 atom stereocenters. The third kappa shape index (κ3) is 2.15. The van der Waals surface area contributed by atoms with Crippen molar-refractivity contribution >= 4 is 38.2 Å². The van der Waals surface area contributed by atoms with E-state index >= 15 is 0 Å². The van der Waals surface area contributed by atoms with Gasteiger partial charge in [0.2, 0.25) is 0 Å². The second-order valence-electron chi connectivity index (χ2n) is 3.89. The zero-order valence-electron chi connectivity index (χ0n) is 9.14. The number of thiophene rings is 1. The molecule has 0 saturated carbocycles. The molecule has 0 aliphatic carbocycles. The maximum Gasteiger partial charge on any atom is 0.0678 e. The van der Waals surface area contributed by atoms with Crippen LogP contribution in [0.25, 0.3) is 10.9 Å². The van der Waals surface area contributed by atoms with Crippen LogP contribution in [0.2, 0.25) is 0 Å². The number of aryl methyl sites for hydroxylation is 2. The minimum Gasteiger partial charge on any atom is -0.345 e. The normalized spacial score (nSPS) is 11.1. The summed E-state index contributed by atoms with van der Waals surface area (Å²) in [5.74, 6) is 0. The fourth-order valence-electron chi connectivity index (χ4n) is 1.96. The summed E-state index contributed by atoms with van der Waals surface area (Å²) in [6.07, 6.45) is 6.97. The first-order valence-corrected chi connectivity index (χ1v) is 7.12. The molecule has 2 nitrogen and oxygen atoms in total. The number of fused-ring (bicyclic) bond motifs is 1. The Bertz CT molecular complexity index is 628. The lowest BCUT2D eigenvalue weighted by molar-refractivity contribution is 0.728. The highest BCUT2D eigenvalue weighted by Crippen LogP contribution is 2.25. The molecule has 3 heterocycles. The number of hydrogen-bond donors (Lipinski definition) is 0. The first-order valence-electron chi connectivity index (χ1n) is 5.45. The van der Waals surface area contributed by atoms with Gasteiger partial charge in [-0.2, -0.15) is 0 Å². The lowest BCUT2D eigenvalue weighted by Crippen LogP contribution is -1.98. The molecule has 0 spiro atoms. The van der Waals surface area contributed by atoms with Gasteiger partial charge in [-0.3, -0.25) is 4.98 Å². The van der Waals surface area contributed by atoms with Crippen LogP contribution in [0, 0.1) is 0 Å². The Balaban J connectivity index is 1.90. The van der Waals surface area contributed by atoms with Crippen molar-refractivity contribution in [3.05, 3.63) is 51.5 Å². The van der Waals surface area contributed by atoms with Crippen molar-refractivity contribution in [2.75, 3.05) is 0 Å². The number of nitrogens with zero attached hydrogens (tertiary/aromatic N) is 2. The van der Waals surface area contributed by atoms with E-state index in [2.05, 4.69) is 49.2 Å². The Hall–Kier alpha value is -1.13. The van der Waals surface area contributed by atoms with Gasteiger partial charge < -0.3 is 4.57 Å². The highest BCUT2D eigenvalue weighted by molar-refractivity contribution is 9.10. The highest BCUT2D eigenvalue weighted by Gasteiger charge is 2.06. The first kappa shape index (κ1) is 11.0. The summed E-state index contributed by atoms with van der Waals surface area (Å²) in [6, 6.07) is 6.33. The van der Waals surface area contributed by atoms with Crippen molar-refractivity contribution < 1.29 is 0 Å². The van der Waals surface area contributed by atoms with Crippen LogP contribution in [0.15, 0.2) is 46.6 Å². The topological polar surface area (TPSA) is 17.8 Å². The van der Waals surface area contributed by atoms with E-state index in [4.69, 9.17) is 0 Å². The molecule has 0 fully saturated rings. The SMILES string of the molecule is Brc1cn(CCc2cccs2)c2cnccc12. The molecule has 0 radical (unpaired) electrons. The molecule has 3 aromatic heterocycles. The van der Waals surface area contributed by atoms with Crippen LogP contribution >= 0.6 is 27.3 Å². The summed E-state index contributed by atoms with van der Waals surface area (Å²) in [4.78, 5) is 5.62. The van der Waals surface area contributed by atoms with Crippen LogP contribution in [-0.2, 0) is 13.0 Å². The summed E-state index contributed by atoms with van der Waals surface area (Å²) >= 11 is 5.40. The fraction of sp³-hybridized carbons (Fsp3) is 0.154. The first-order chi connectivity index (χ1) is 8.34. The molecule has 0 aromatic carbocycles. The Morgan fingerprint density at radius 2 is 2.29 bits per heavy atom. The van der Waals surface area contributed by atoms with Gasteiger partial charge in [-0.05, 0) is 39.9 Å². The zero-order chi connectivity index (χ0) is 11.7. The van der Waals surface area contributed by atoms with E-state index in [9.17, 15) is 0 Å². The molecular formula is C13H11BrN2S. The predicted molar refractivity (Wildman–Crippen MR) is 75.5 cm³/mol. The van der Waals surface area contributed by atoms with E-state index in [-0.39, 0.29) is 0 Å². The minimum absolute atomic E-state index is 0.994. The van der Waals surface area contributed by atoms with Gasteiger partial charge in [0.15, 0.2) is 0 Å². The molecule has 0 unspecified atom stereocenters. The van der Waals surface area contributed by atoms with Crippen LogP contribution in [0.1, 0.15) is 4.88 Å². The smallest absolute Gasteiger partial charge is 0.0678 e. The van der Waals surface area contributed by atoms with E-state index in [0.29, 0.717) is 0 Å². The summed E-state index contributed by atoms with van der Waals surface area (Å²) in [6.45, 7) is 0.994. The molecule has 3 rings (SSSR count). The second-order valence-corrected chi connectivity index (χ2v) is 5.78. The third-order valence-electron chi connectivity index (χ3n) is 2.82. The fourth-order valence-corrected chi connectivity index (χ4v) is 3.24. The van der Waals surface area contributed by atoms with E-state index in [1.165, 1.54) is 15.8 Å². The van der Waals surface area contributed by atoms with E-state index in [1.807, 2.05) is 29.8 Å².